The van der Waals surface area contributed by atoms with Crippen LogP contribution >= 0.6 is 0 Å². The Labute approximate surface area is 79.2 Å². The van der Waals surface area contributed by atoms with Crippen molar-refractivity contribution in [2.24, 2.45) is 12.8 Å². The van der Waals surface area contributed by atoms with E-state index in [9.17, 15) is 0 Å². The van der Waals surface area contributed by atoms with Crippen molar-refractivity contribution >= 4 is 6.08 Å². The first-order valence-electron chi connectivity index (χ1n) is 4.53. The molecule has 0 aliphatic heterocycles. The summed E-state index contributed by atoms with van der Waals surface area (Å²) in [6.07, 6.45) is 5.12. The van der Waals surface area contributed by atoms with Crippen LogP contribution < -0.4 is 5.73 Å². The highest BCUT2D eigenvalue weighted by molar-refractivity contribution is 5.54. The molecule has 0 aliphatic carbocycles. The Morgan fingerprint density at radius 3 is 2.62 bits per heavy atom. The molecule has 3 nitrogen and oxygen atoms in total. The van der Waals surface area contributed by atoms with Crippen LogP contribution in [0.5, 0.6) is 0 Å². The van der Waals surface area contributed by atoms with E-state index in [2.05, 4.69) is 24.2 Å². The molecule has 3 heteroatoms. The number of hydrogen-bond donors (Lipinski definition) is 1. The molecular weight excluding hydrogens is 162 g/mol. The maximum absolute atomic E-state index is 5.40. The van der Waals surface area contributed by atoms with Gasteiger partial charge in [-0.05, 0) is 26.8 Å². The molecule has 0 saturated heterocycles. The van der Waals surface area contributed by atoms with Gasteiger partial charge in [0.15, 0.2) is 0 Å². The van der Waals surface area contributed by atoms with Crippen LogP contribution in [-0.4, -0.2) is 16.3 Å². The second-order valence-electron chi connectivity index (χ2n) is 3.19. The normalized spacial score (nSPS) is 11.4. The molecule has 0 fully saturated rings. The number of rotatable bonds is 3. The molecular formula is C10H17N3. The second-order valence-corrected chi connectivity index (χ2v) is 3.19. The third kappa shape index (κ3) is 2.18. The average Bonchev–Trinajstić information content (AvgIpc) is 2.32. The predicted molar refractivity (Wildman–Crippen MR) is 55.4 cm³/mol. The zero-order chi connectivity index (χ0) is 9.84. The zero-order valence-electron chi connectivity index (χ0n) is 8.54. The summed E-state index contributed by atoms with van der Waals surface area (Å²) >= 11 is 0. The van der Waals surface area contributed by atoms with Gasteiger partial charge in [0, 0.05) is 18.3 Å². The summed E-state index contributed by atoms with van der Waals surface area (Å²) in [6.45, 7) is 4.80. The summed E-state index contributed by atoms with van der Waals surface area (Å²) in [6, 6.07) is 0. The Hall–Kier alpha value is -1.09. The van der Waals surface area contributed by atoms with Gasteiger partial charge in [-0.1, -0.05) is 12.2 Å². The Bertz CT molecular complexity index is 310. The Kier molecular flexibility index (Phi) is 3.25. The third-order valence-corrected chi connectivity index (χ3v) is 2.18. The molecule has 1 heterocycles. The first kappa shape index (κ1) is 9.99. The predicted octanol–water partition coefficient (Wildman–Crippen LogP) is 1.40. The molecule has 0 amide bonds. The van der Waals surface area contributed by atoms with Crippen LogP contribution in [0.25, 0.3) is 6.08 Å². The highest BCUT2D eigenvalue weighted by atomic mass is 15.3. The van der Waals surface area contributed by atoms with Crippen molar-refractivity contribution < 1.29 is 0 Å². The highest BCUT2D eigenvalue weighted by Crippen LogP contribution is 2.13. The molecule has 0 bridgehead atoms. The maximum atomic E-state index is 5.40. The number of nitrogens with two attached hydrogens (primary N) is 1. The number of nitrogens with zero attached hydrogens (tertiary/aromatic N) is 2. The first-order chi connectivity index (χ1) is 6.16. The minimum atomic E-state index is 0.703. The fourth-order valence-electron chi connectivity index (χ4n) is 1.33. The molecule has 13 heavy (non-hydrogen) atoms. The van der Waals surface area contributed by atoms with Gasteiger partial charge in [0.2, 0.25) is 0 Å². The molecule has 1 aromatic rings. The van der Waals surface area contributed by atoms with E-state index < -0.39 is 0 Å². The minimum absolute atomic E-state index is 0.703. The maximum Gasteiger partial charge on any atom is 0.0668 e. The van der Waals surface area contributed by atoms with Gasteiger partial charge in [-0.25, -0.2) is 0 Å². The topological polar surface area (TPSA) is 43.8 Å². The van der Waals surface area contributed by atoms with Crippen LogP contribution in [0, 0.1) is 13.8 Å². The lowest BCUT2D eigenvalue weighted by Gasteiger charge is -1.94. The van der Waals surface area contributed by atoms with Gasteiger partial charge in [-0.15, -0.1) is 0 Å². The van der Waals surface area contributed by atoms with E-state index in [0.29, 0.717) is 6.54 Å². The lowest BCUT2D eigenvalue weighted by molar-refractivity contribution is 0.731. The smallest absolute Gasteiger partial charge is 0.0668 e. The molecule has 0 atom stereocenters. The monoisotopic (exact) mass is 179 g/mol. The molecule has 72 valence electrons. The molecule has 0 unspecified atom stereocenters. The number of aryl methyl sites for hydroxylation is 2. The van der Waals surface area contributed by atoms with Crippen molar-refractivity contribution in [3.05, 3.63) is 23.0 Å². The van der Waals surface area contributed by atoms with E-state index in [1.54, 1.807) is 0 Å². The highest BCUT2D eigenvalue weighted by Gasteiger charge is 2.04. The average molecular weight is 179 g/mol. The third-order valence-electron chi connectivity index (χ3n) is 2.18. The molecule has 0 spiro atoms. The minimum Gasteiger partial charge on any atom is -0.330 e. The lowest BCUT2D eigenvalue weighted by Crippen LogP contribution is -1.95. The van der Waals surface area contributed by atoms with Crippen molar-refractivity contribution in [2.45, 2.75) is 20.3 Å². The summed E-state index contributed by atoms with van der Waals surface area (Å²) in [5.41, 5.74) is 8.90. The van der Waals surface area contributed by atoms with Crippen molar-refractivity contribution in [2.75, 3.05) is 6.54 Å². The van der Waals surface area contributed by atoms with Crippen LogP contribution in [0.4, 0.5) is 0 Å². The van der Waals surface area contributed by atoms with E-state index in [4.69, 9.17) is 5.73 Å². The van der Waals surface area contributed by atoms with E-state index in [0.717, 1.165) is 12.1 Å². The van der Waals surface area contributed by atoms with Gasteiger partial charge in [-0.3, -0.25) is 4.68 Å². The van der Waals surface area contributed by atoms with Gasteiger partial charge in [0.05, 0.1) is 5.69 Å². The summed E-state index contributed by atoms with van der Waals surface area (Å²) in [5.74, 6) is 0. The van der Waals surface area contributed by atoms with Gasteiger partial charge < -0.3 is 5.73 Å². The second kappa shape index (κ2) is 4.23. The van der Waals surface area contributed by atoms with Gasteiger partial charge in [0.1, 0.15) is 0 Å². The van der Waals surface area contributed by atoms with Crippen LogP contribution in [0.3, 0.4) is 0 Å². The largest absolute Gasteiger partial charge is 0.330 e. The standard InChI is InChI=1S/C10H17N3/c1-8-10(6-4-5-7-11)9(2)13(3)12-8/h4,6H,5,7,11H2,1-3H3. The summed E-state index contributed by atoms with van der Waals surface area (Å²) in [5, 5.41) is 4.32. The summed E-state index contributed by atoms with van der Waals surface area (Å²) in [4.78, 5) is 0. The molecule has 0 aromatic carbocycles. The van der Waals surface area contributed by atoms with Gasteiger partial charge >= 0.3 is 0 Å². The Balaban J connectivity index is 2.87. The fraction of sp³-hybridized carbons (Fsp3) is 0.500. The van der Waals surface area contributed by atoms with Gasteiger partial charge in [-0.2, -0.15) is 5.10 Å². The van der Waals surface area contributed by atoms with Crippen molar-refractivity contribution in [3.63, 3.8) is 0 Å². The molecule has 1 aromatic heterocycles. The Morgan fingerprint density at radius 2 is 2.15 bits per heavy atom. The van der Waals surface area contributed by atoms with E-state index in [1.165, 1.54) is 11.3 Å². The molecule has 2 N–H and O–H groups in total. The van der Waals surface area contributed by atoms with Crippen LogP contribution in [0.15, 0.2) is 6.08 Å². The molecule has 1 rings (SSSR count). The molecule has 0 saturated carbocycles. The van der Waals surface area contributed by atoms with Crippen molar-refractivity contribution in [3.8, 4) is 0 Å². The number of hydrogen-bond acceptors (Lipinski definition) is 2. The molecule has 0 radical (unpaired) electrons. The van der Waals surface area contributed by atoms with E-state index in [-0.39, 0.29) is 0 Å². The van der Waals surface area contributed by atoms with Crippen molar-refractivity contribution in [1.82, 2.24) is 9.78 Å². The molecule has 0 aliphatic rings. The summed E-state index contributed by atoms with van der Waals surface area (Å²) < 4.78 is 1.90. The van der Waals surface area contributed by atoms with Crippen LogP contribution in [-0.2, 0) is 7.05 Å². The van der Waals surface area contributed by atoms with E-state index >= 15 is 0 Å². The van der Waals surface area contributed by atoms with Crippen LogP contribution in [0.1, 0.15) is 23.4 Å². The zero-order valence-corrected chi connectivity index (χ0v) is 8.54. The summed E-state index contributed by atoms with van der Waals surface area (Å²) in [7, 11) is 1.96. The SMILES string of the molecule is Cc1nn(C)c(C)c1C=CCCN. The quantitative estimate of drug-likeness (QED) is 0.762. The Morgan fingerprint density at radius 1 is 1.46 bits per heavy atom. The lowest BCUT2D eigenvalue weighted by atomic mass is 10.2. The fourth-order valence-corrected chi connectivity index (χ4v) is 1.33. The van der Waals surface area contributed by atoms with Crippen molar-refractivity contribution in [1.29, 1.82) is 0 Å². The van der Waals surface area contributed by atoms with E-state index in [1.807, 2.05) is 18.7 Å². The number of aromatic nitrogens is 2. The first-order valence-corrected chi connectivity index (χ1v) is 4.53. The van der Waals surface area contributed by atoms with Gasteiger partial charge in [0.25, 0.3) is 0 Å². The van der Waals surface area contributed by atoms with Crippen LogP contribution in [0.2, 0.25) is 0 Å².